The zero-order valence-corrected chi connectivity index (χ0v) is 11.5. The first kappa shape index (κ1) is 14.0. The number of amides is 1. The fraction of sp³-hybridized carbons (Fsp3) is 0.750. The molecule has 1 atom stereocenters. The molecule has 19 heavy (non-hydrogen) atoms. The third kappa shape index (κ3) is 3.30. The van der Waals surface area contributed by atoms with E-state index in [9.17, 15) is 9.90 Å². The largest absolute Gasteiger partial charge is 0.386 e. The Morgan fingerprint density at radius 1 is 1.58 bits per heavy atom. The molecule has 106 valence electrons. The molecule has 1 fully saturated rings. The van der Waals surface area contributed by atoms with Crippen molar-refractivity contribution in [3.63, 3.8) is 0 Å². The Morgan fingerprint density at radius 2 is 2.32 bits per heavy atom. The maximum Gasteiger partial charge on any atom is 0.291 e. The number of carbonyl (C=O) groups excluding carboxylic acids is 1. The number of hydrogen-bond donors (Lipinski definition) is 3. The van der Waals surface area contributed by atoms with E-state index in [-0.39, 0.29) is 24.4 Å². The molecule has 1 aromatic heterocycles. The minimum atomic E-state index is -0.973. The van der Waals surface area contributed by atoms with Gasteiger partial charge < -0.3 is 15.2 Å². The number of hydrogen-bond acceptors (Lipinski definition) is 5. The van der Waals surface area contributed by atoms with Crippen LogP contribution in [0.5, 0.6) is 0 Å². The molecule has 1 unspecified atom stereocenters. The summed E-state index contributed by atoms with van der Waals surface area (Å²) in [5.74, 6) is 0.347. The minimum absolute atomic E-state index is 0.0902. The minimum Gasteiger partial charge on any atom is -0.386 e. The molecule has 3 N–H and O–H groups in total. The lowest BCUT2D eigenvalue weighted by Gasteiger charge is -2.19. The number of rotatable bonds is 3. The Kier molecular flexibility index (Phi) is 3.60. The second-order valence-corrected chi connectivity index (χ2v) is 5.97. The molecule has 0 radical (unpaired) electrons. The molecule has 0 bridgehead atoms. The summed E-state index contributed by atoms with van der Waals surface area (Å²) in [5.41, 5.74) is -1.16. The SMILES string of the molecule is CC(C)(C)c1nc(C(=O)NCC2(O)CCOC2)n[nH]1. The molecule has 7 nitrogen and oxygen atoms in total. The van der Waals surface area contributed by atoms with Crippen molar-refractivity contribution < 1.29 is 14.6 Å². The zero-order valence-electron chi connectivity index (χ0n) is 11.5. The van der Waals surface area contributed by atoms with Gasteiger partial charge in [-0.3, -0.25) is 9.89 Å². The van der Waals surface area contributed by atoms with Crippen LogP contribution in [0.15, 0.2) is 0 Å². The van der Waals surface area contributed by atoms with E-state index in [0.29, 0.717) is 18.9 Å². The molecular formula is C12H20N4O3. The lowest BCUT2D eigenvalue weighted by molar-refractivity contribution is 0.0263. The van der Waals surface area contributed by atoms with Gasteiger partial charge in [-0.1, -0.05) is 20.8 Å². The first-order valence-electron chi connectivity index (χ1n) is 6.31. The van der Waals surface area contributed by atoms with Gasteiger partial charge in [0.05, 0.1) is 6.61 Å². The van der Waals surface area contributed by atoms with E-state index in [2.05, 4.69) is 20.5 Å². The van der Waals surface area contributed by atoms with Crippen LogP contribution in [-0.4, -0.2) is 51.6 Å². The van der Waals surface area contributed by atoms with Crippen LogP contribution < -0.4 is 5.32 Å². The van der Waals surface area contributed by atoms with E-state index in [1.165, 1.54) is 0 Å². The Labute approximate surface area is 111 Å². The van der Waals surface area contributed by atoms with Gasteiger partial charge in [-0.25, -0.2) is 4.98 Å². The third-order valence-electron chi connectivity index (χ3n) is 3.06. The molecule has 1 aliphatic rings. The van der Waals surface area contributed by atoms with E-state index < -0.39 is 11.5 Å². The molecule has 2 heterocycles. The molecule has 2 rings (SSSR count). The molecule has 0 aliphatic carbocycles. The van der Waals surface area contributed by atoms with E-state index in [1.54, 1.807) is 0 Å². The smallest absolute Gasteiger partial charge is 0.291 e. The van der Waals surface area contributed by atoms with Crippen LogP contribution >= 0.6 is 0 Å². The average molecular weight is 268 g/mol. The summed E-state index contributed by atoms with van der Waals surface area (Å²) >= 11 is 0. The number of carbonyl (C=O) groups is 1. The predicted molar refractivity (Wildman–Crippen MR) is 67.8 cm³/mol. The molecule has 0 spiro atoms. The number of ether oxygens (including phenoxy) is 1. The van der Waals surface area contributed by atoms with E-state index in [1.807, 2.05) is 20.8 Å². The standard InChI is InChI=1S/C12H20N4O3/c1-11(2,3)10-14-8(15-16-10)9(17)13-6-12(18)4-5-19-7-12/h18H,4-7H2,1-3H3,(H,13,17)(H,14,15,16). The van der Waals surface area contributed by atoms with Crippen molar-refractivity contribution in [1.29, 1.82) is 0 Å². The van der Waals surface area contributed by atoms with Crippen molar-refractivity contribution in [1.82, 2.24) is 20.5 Å². The molecule has 0 saturated carbocycles. The molecule has 1 aromatic rings. The monoisotopic (exact) mass is 268 g/mol. The average Bonchev–Trinajstić information content (AvgIpc) is 2.94. The lowest BCUT2D eigenvalue weighted by atomic mass is 9.96. The Bertz CT molecular complexity index is 458. The van der Waals surface area contributed by atoms with E-state index in [0.717, 1.165) is 0 Å². The fourth-order valence-electron chi connectivity index (χ4n) is 1.76. The maximum absolute atomic E-state index is 11.9. The summed E-state index contributed by atoms with van der Waals surface area (Å²) in [4.78, 5) is 16.0. The summed E-state index contributed by atoms with van der Waals surface area (Å²) in [5, 5.41) is 19.3. The Hall–Kier alpha value is -1.47. The van der Waals surface area contributed by atoms with Crippen molar-refractivity contribution in [2.24, 2.45) is 0 Å². The Balaban J connectivity index is 1.95. The second kappa shape index (κ2) is 4.90. The van der Waals surface area contributed by atoms with Crippen molar-refractivity contribution in [3.05, 3.63) is 11.6 Å². The molecule has 7 heteroatoms. The summed E-state index contributed by atoms with van der Waals surface area (Å²) < 4.78 is 5.11. The summed E-state index contributed by atoms with van der Waals surface area (Å²) in [6.07, 6.45) is 0.522. The lowest BCUT2D eigenvalue weighted by Crippen LogP contribution is -2.43. The first-order chi connectivity index (χ1) is 8.80. The number of nitrogens with zero attached hydrogens (tertiary/aromatic N) is 2. The highest BCUT2D eigenvalue weighted by Gasteiger charge is 2.33. The number of aromatic nitrogens is 3. The number of nitrogens with one attached hydrogen (secondary N) is 2. The van der Waals surface area contributed by atoms with Gasteiger partial charge >= 0.3 is 0 Å². The van der Waals surface area contributed by atoms with Crippen LogP contribution in [0.1, 0.15) is 43.6 Å². The summed E-state index contributed by atoms with van der Waals surface area (Å²) in [6, 6.07) is 0. The van der Waals surface area contributed by atoms with Gasteiger partial charge in [0.1, 0.15) is 11.4 Å². The molecule has 1 saturated heterocycles. The molecule has 1 amide bonds. The highest BCUT2D eigenvalue weighted by molar-refractivity contribution is 5.90. The number of aromatic amines is 1. The van der Waals surface area contributed by atoms with Gasteiger partial charge in [-0.2, -0.15) is 0 Å². The topological polar surface area (TPSA) is 100 Å². The van der Waals surface area contributed by atoms with Gasteiger partial charge in [0.15, 0.2) is 0 Å². The Morgan fingerprint density at radius 3 is 2.84 bits per heavy atom. The van der Waals surface area contributed by atoms with Crippen molar-refractivity contribution in [3.8, 4) is 0 Å². The van der Waals surface area contributed by atoms with Crippen LogP contribution in [0.4, 0.5) is 0 Å². The molecular weight excluding hydrogens is 248 g/mol. The van der Waals surface area contributed by atoms with Crippen LogP contribution in [0.3, 0.4) is 0 Å². The van der Waals surface area contributed by atoms with Gasteiger partial charge in [0, 0.05) is 25.0 Å². The molecule has 0 aromatic carbocycles. The quantitative estimate of drug-likeness (QED) is 0.715. The van der Waals surface area contributed by atoms with E-state index >= 15 is 0 Å². The zero-order chi connectivity index (χ0) is 14.1. The van der Waals surface area contributed by atoms with Crippen LogP contribution in [0.2, 0.25) is 0 Å². The van der Waals surface area contributed by atoms with Gasteiger partial charge in [0.2, 0.25) is 5.82 Å². The maximum atomic E-state index is 11.9. The normalized spacial score (nSPS) is 23.6. The predicted octanol–water partition coefficient (Wildman–Crippen LogP) is -0.0166. The molecule has 1 aliphatic heterocycles. The van der Waals surface area contributed by atoms with Crippen LogP contribution in [0, 0.1) is 0 Å². The van der Waals surface area contributed by atoms with Crippen LogP contribution in [-0.2, 0) is 10.2 Å². The first-order valence-corrected chi connectivity index (χ1v) is 6.31. The van der Waals surface area contributed by atoms with Crippen molar-refractivity contribution in [2.45, 2.75) is 38.2 Å². The number of aliphatic hydroxyl groups is 1. The van der Waals surface area contributed by atoms with E-state index in [4.69, 9.17) is 4.74 Å². The highest BCUT2D eigenvalue weighted by Crippen LogP contribution is 2.18. The fourth-order valence-corrected chi connectivity index (χ4v) is 1.76. The van der Waals surface area contributed by atoms with Gasteiger partial charge in [0.25, 0.3) is 5.91 Å². The van der Waals surface area contributed by atoms with Crippen molar-refractivity contribution >= 4 is 5.91 Å². The summed E-state index contributed by atoms with van der Waals surface area (Å²) in [6.45, 7) is 6.84. The highest BCUT2D eigenvalue weighted by atomic mass is 16.5. The number of H-pyrrole nitrogens is 1. The van der Waals surface area contributed by atoms with Crippen LogP contribution in [0.25, 0.3) is 0 Å². The third-order valence-corrected chi connectivity index (χ3v) is 3.06. The second-order valence-electron chi connectivity index (χ2n) is 5.97. The summed E-state index contributed by atoms with van der Waals surface area (Å²) in [7, 11) is 0. The van der Waals surface area contributed by atoms with Gasteiger partial charge in [-0.15, -0.1) is 5.10 Å². The van der Waals surface area contributed by atoms with Crippen molar-refractivity contribution in [2.75, 3.05) is 19.8 Å². The van der Waals surface area contributed by atoms with Gasteiger partial charge in [-0.05, 0) is 0 Å².